The SMILES string of the molecule is CCOC(C(=O)c1ccc(C)c(F)c1)C(C)C. The number of carbonyl (C=O) groups is 1. The standard InChI is InChI=1S/C14H19FO2/c1-5-17-14(9(2)3)13(16)11-7-6-10(4)12(15)8-11/h6-9,14H,5H2,1-4H3. The van der Waals surface area contributed by atoms with Gasteiger partial charge in [0.15, 0.2) is 5.78 Å². The van der Waals surface area contributed by atoms with Crippen molar-refractivity contribution in [1.82, 2.24) is 0 Å². The minimum absolute atomic E-state index is 0.0758. The molecule has 0 saturated carbocycles. The average Bonchev–Trinajstić information content (AvgIpc) is 2.28. The summed E-state index contributed by atoms with van der Waals surface area (Å²) in [6.07, 6.45) is -0.498. The lowest BCUT2D eigenvalue weighted by atomic mass is 9.97. The van der Waals surface area contributed by atoms with E-state index in [0.29, 0.717) is 17.7 Å². The molecule has 0 aliphatic carbocycles. The minimum Gasteiger partial charge on any atom is -0.370 e. The second kappa shape index (κ2) is 5.92. The summed E-state index contributed by atoms with van der Waals surface area (Å²) in [7, 11) is 0. The van der Waals surface area contributed by atoms with Crippen LogP contribution in [-0.2, 0) is 4.74 Å². The zero-order chi connectivity index (χ0) is 13.0. The van der Waals surface area contributed by atoms with Crippen molar-refractivity contribution in [3.8, 4) is 0 Å². The fourth-order valence-corrected chi connectivity index (χ4v) is 1.66. The lowest BCUT2D eigenvalue weighted by Crippen LogP contribution is -2.30. The first-order chi connectivity index (χ1) is 7.97. The Morgan fingerprint density at radius 3 is 2.53 bits per heavy atom. The second-order valence-electron chi connectivity index (χ2n) is 4.45. The highest BCUT2D eigenvalue weighted by Gasteiger charge is 2.24. The minimum atomic E-state index is -0.498. The maximum absolute atomic E-state index is 13.4. The number of ketones is 1. The van der Waals surface area contributed by atoms with Gasteiger partial charge in [0.25, 0.3) is 0 Å². The number of halogens is 1. The summed E-state index contributed by atoms with van der Waals surface area (Å²) < 4.78 is 18.8. The summed E-state index contributed by atoms with van der Waals surface area (Å²) in [4.78, 5) is 12.1. The van der Waals surface area contributed by atoms with E-state index in [2.05, 4.69) is 0 Å². The molecule has 1 unspecified atom stereocenters. The monoisotopic (exact) mass is 238 g/mol. The first kappa shape index (κ1) is 13.8. The third kappa shape index (κ3) is 3.37. The van der Waals surface area contributed by atoms with E-state index in [-0.39, 0.29) is 17.5 Å². The lowest BCUT2D eigenvalue weighted by molar-refractivity contribution is 0.0279. The molecule has 0 heterocycles. The zero-order valence-electron chi connectivity index (χ0n) is 10.8. The molecule has 0 saturated heterocycles. The predicted octanol–water partition coefficient (Wildman–Crippen LogP) is 3.38. The Balaban J connectivity index is 2.97. The molecule has 2 nitrogen and oxygen atoms in total. The lowest BCUT2D eigenvalue weighted by Gasteiger charge is -2.19. The highest BCUT2D eigenvalue weighted by Crippen LogP contribution is 2.16. The van der Waals surface area contributed by atoms with Gasteiger partial charge in [0.05, 0.1) is 0 Å². The van der Waals surface area contributed by atoms with Crippen molar-refractivity contribution in [1.29, 1.82) is 0 Å². The third-order valence-corrected chi connectivity index (χ3v) is 2.67. The third-order valence-electron chi connectivity index (χ3n) is 2.67. The Kier molecular flexibility index (Phi) is 4.82. The van der Waals surface area contributed by atoms with Crippen molar-refractivity contribution in [3.05, 3.63) is 35.1 Å². The number of aryl methyl sites for hydroxylation is 1. The van der Waals surface area contributed by atoms with Gasteiger partial charge in [0.1, 0.15) is 11.9 Å². The van der Waals surface area contributed by atoms with Gasteiger partial charge in [0.2, 0.25) is 0 Å². The van der Waals surface area contributed by atoms with E-state index in [1.165, 1.54) is 6.07 Å². The van der Waals surface area contributed by atoms with E-state index in [4.69, 9.17) is 4.74 Å². The summed E-state index contributed by atoms with van der Waals surface area (Å²) in [6, 6.07) is 4.55. The molecule has 0 aliphatic heterocycles. The first-order valence-corrected chi connectivity index (χ1v) is 5.89. The molecule has 0 aliphatic rings. The van der Waals surface area contributed by atoms with Gasteiger partial charge in [-0.2, -0.15) is 0 Å². The van der Waals surface area contributed by atoms with E-state index in [9.17, 15) is 9.18 Å². The molecule has 1 atom stereocenters. The number of Topliss-reactive ketones (excluding diaryl/α,β-unsaturated/α-hetero) is 1. The maximum Gasteiger partial charge on any atom is 0.191 e. The molecule has 0 spiro atoms. The number of hydrogen-bond donors (Lipinski definition) is 0. The van der Waals surface area contributed by atoms with Gasteiger partial charge in [-0.15, -0.1) is 0 Å². The summed E-state index contributed by atoms with van der Waals surface area (Å²) in [6.45, 7) is 7.83. The normalized spacial score (nSPS) is 12.8. The summed E-state index contributed by atoms with van der Waals surface area (Å²) in [5, 5.41) is 0. The number of hydrogen-bond acceptors (Lipinski definition) is 2. The summed E-state index contributed by atoms with van der Waals surface area (Å²) in [5.74, 6) is -0.428. The number of ether oxygens (including phenoxy) is 1. The van der Waals surface area contributed by atoms with Crippen molar-refractivity contribution < 1.29 is 13.9 Å². The first-order valence-electron chi connectivity index (χ1n) is 5.89. The largest absolute Gasteiger partial charge is 0.370 e. The Morgan fingerprint density at radius 1 is 1.41 bits per heavy atom. The number of benzene rings is 1. The molecular formula is C14H19FO2. The Hall–Kier alpha value is -1.22. The molecule has 0 aromatic heterocycles. The van der Waals surface area contributed by atoms with E-state index in [1.54, 1.807) is 19.1 Å². The van der Waals surface area contributed by atoms with Gasteiger partial charge in [-0.25, -0.2) is 4.39 Å². The molecule has 1 aromatic rings. The number of carbonyl (C=O) groups excluding carboxylic acids is 1. The fraction of sp³-hybridized carbons (Fsp3) is 0.500. The highest BCUT2D eigenvalue weighted by atomic mass is 19.1. The van der Waals surface area contributed by atoms with Crippen LogP contribution in [0.1, 0.15) is 36.7 Å². The van der Waals surface area contributed by atoms with Crippen molar-refractivity contribution in [2.24, 2.45) is 5.92 Å². The molecule has 0 bridgehead atoms. The molecule has 1 aromatic carbocycles. The van der Waals surface area contributed by atoms with Crippen LogP contribution in [0.5, 0.6) is 0 Å². The summed E-state index contributed by atoms with van der Waals surface area (Å²) in [5.41, 5.74) is 0.916. The molecule has 0 fully saturated rings. The molecule has 0 N–H and O–H groups in total. The summed E-state index contributed by atoms with van der Waals surface area (Å²) >= 11 is 0. The molecule has 0 amide bonds. The van der Waals surface area contributed by atoms with E-state index < -0.39 is 6.10 Å². The van der Waals surface area contributed by atoms with E-state index >= 15 is 0 Å². The molecule has 94 valence electrons. The van der Waals surface area contributed by atoms with Gasteiger partial charge in [0, 0.05) is 12.2 Å². The van der Waals surface area contributed by atoms with Crippen LogP contribution in [0, 0.1) is 18.7 Å². The Labute approximate surface area is 102 Å². The highest BCUT2D eigenvalue weighted by molar-refractivity contribution is 5.99. The van der Waals surface area contributed by atoms with Gasteiger partial charge >= 0.3 is 0 Å². The second-order valence-corrected chi connectivity index (χ2v) is 4.45. The van der Waals surface area contributed by atoms with Crippen molar-refractivity contribution in [2.75, 3.05) is 6.61 Å². The van der Waals surface area contributed by atoms with Crippen LogP contribution in [0.2, 0.25) is 0 Å². The average molecular weight is 238 g/mol. The quantitative estimate of drug-likeness (QED) is 0.735. The van der Waals surface area contributed by atoms with Crippen molar-refractivity contribution in [2.45, 2.75) is 33.8 Å². The van der Waals surface area contributed by atoms with E-state index in [1.807, 2.05) is 20.8 Å². The van der Waals surface area contributed by atoms with Crippen molar-refractivity contribution in [3.63, 3.8) is 0 Å². The van der Waals surface area contributed by atoms with Crippen LogP contribution in [0.4, 0.5) is 4.39 Å². The Morgan fingerprint density at radius 2 is 2.06 bits per heavy atom. The number of rotatable bonds is 5. The van der Waals surface area contributed by atoms with Crippen LogP contribution in [0.3, 0.4) is 0 Å². The maximum atomic E-state index is 13.4. The Bertz CT molecular complexity index is 399. The van der Waals surface area contributed by atoms with Crippen molar-refractivity contribution >= 4 is 5.78 Å². The topological polar surface area (TPSA) is 26.3 Å². The van der Waals surface area contributed by atoms with Gasteiger partial charge in [-0.05, 0) is 31.4 Å². The molecule has 0 radical (unpaired) electrons. The van der Waals surface area contributed by atoms with E-state index in [0.717, 1.165) is 0 Å². The van der Waals surface area contributed by atoms with Gasteiger partial charge < -0.3 is 4.74 Å². The predicted molar refractivity (Wildman–Crippen MR) is 65.7 cm³/mol. The molecule has 17 heavy (non-hydrogen) atoms. The van der Waals surface area contributed by atoms with Crippen LogP contribution in [0.25, 0.3) is 0 Å². The fourth-order valence-electron chi connectivity index (χ4n) is 1.66. The molecule has 1 rings (SSSR count). The molecule has 3 heteroatoms. The zero-order valence-corrected chi connectivity index (χ0v) is 10.8. The van der Waals surface area contributed by atoms with Crippen LogP contribution >= 0.6 is 0 Å². The van der Waals surface area contributed by atoms with Crippen LogP contribution in [0.15, 0.2) is 18.2 Å². The van der Waals surface area contributed by atoms with Gasteiger partial charge in [-0.3, -0.25) is 4.79 Å². The van der Waals surface area contributed by atoms with Crippen LogP contribution in [-0.4, -0.2) is 18.5 Å². The van der Waals surface area contributed by atoms with Gasteiger partial charge in [-0.1, -0.05) is 26.0 Å². The molecular weight excluding hydrogens is 219 g/mol. The van der Waals surface area contributed by atoms with Crippen LogP contribution < -0.4 is 0 Å². The smallest absolute Gasteiger partial charge is 0.191 e.